The Labute approximate surface area is 111 Å². The summed E-state index contributed by atoms with van der Waals surface area (Å²) in [4.78, 5) is 7.83. The van der Waals surface area contributed by atoms with Gasteiger partial charge in [-0.15, -0.1) is 0 Å². The van der Waals surface area contributed by atoms with Crippen molar-refractivity contribution in [2.45, 2.75) is 6.92 Å². The second-order valence-electron chi connectivity index (χ2n) is 3.37. The van der Waals surface area contributed by atoms with Gasteiger partial charge in [-0.1, -0.05) is 6.07 Å². The zero-order valence-electron chi connectivity index (χ0n) is 8.84. The third-order valence-corrected chi connectivity index (χ3v) is 3.00. The Morgan fingerprint density at radius 3 is 2.94 bits per heavy atom. The Morgan fingerprint density at radius 2 is 2.18 bits per heavy atom. The van der Waals surface area contributed by atoms with E-state index in [2.05, 4.69) is 31.2 Å². The molecule has 2 rings (SSSR count). The van der Waals surface area contributed by atoms with E-state index in [1.165, 1.54) is 12.3 Å². The maximum absolute atomic E-state index is 13.4. The highest BCUT2D eigenvalue weighted by atomic mass is 79.9. The standard InChI is InChI=1S/C11H8BrClFN3/c1-6-8(14)3-2-4-9(6)16-10-7(12)5-15-11(13)17-10/h2-5H,1H3,(H,15,16,17). The number of hydrogen-bond donors (Lipinski definition) is 1. The number of nitrogens with one attached hydrogen (secondary N) is 1. The maximum Gasteiger partial charge on any atom is 0.224 e. The molecule has 0 aliphatic carbocycles. The Hall–Kier alpha value is -1.20. The summed E-state index contributed by atoms with van der Waals surface area (Å²) in [6.07, 6.45) is 1.53. The van der Waals surface area contributed by atoms with E-state index >= 15 is 0 Å². The molecule has 0 amide bonds. The SMILES string of the molecule is Cc1c(F)cccc1Nc1nc(Cl)ncc1Br. The molecule has 0 aliphatic heterocycles. The first-order valence-electron chi connectivity index (χ1n) is 4.78. The van der Waals surface area contributed by atoms with Crippen molar-refractivity contribution >= 4 is 39.0 Å². The predicted molar refractivity (Wildman–Crippen MR) is 69.2 cm³/mol. The van der Waals surface area contributed by atoms with Crippen molar-refractivity contribution in [3.05, 3.63) is 45.5 Å². The van der Waals surface area contributed by atoms with Gasteiger partial charge in [0.15, 0.2) is 0 Å². The van der Waals surface area contributed by atoms with Crippen LogP contribution in [-0.2, 0) is 0 Å². The van der Waals surface area contributed by atoms with Gasteiger partial charge in [-0.3, -0.25) is 0 Å². The summed E-state index contributed by atoms with van der Waals surface area (Å²) in [5, 5.41) is 3.13. The number of nitrogens with zero attached hydrogens (tertiary/aromatic N) is 2. The number of benzene rings is 1. The quantitative estimate of drug-likeness (QED) is 0.848. The highest BCUT2D eigenvalue weighted by Gasteiger charge is 2.07. The van der Waals surface area contributed by atoms with Crippen LogP contribution in [0.1, 0.15) is 5.56 Å². The van der Waals surface area contributed by atoms with Crippen molar-refractivity contribution in [2.75, 3.05) is 5.32 Å². The lowest BCUT2D eigenvalue weighted by atomic mass is 10.2. The van der Waals surface area contributed by atoms with E-state index in [4.69, 9.17) is 11.6 Å². The average molecular weight is 317 g/mol. The third kappa shape index (κ3) is 2.73. The number of aromatic nitrogens is 2. The summed E-state index contributed by atoms with van der Waals surface area (Å²) in [6.45, 7) is 1.69. The molecule has 3 nitrogen and oxygen atoms in total. The largest absolute Gasteiger partial charge is 0.339 e. The molecule has 1 N–H and O–H groups in total. The summed E-state index contributed by atoms with van der Waals surface area (Å²) < 4.78 is 14.0. The topological polar surface area (TPSA) is 37.8 Å². The lowest BCUT2D eigenvalue weighted by molar-refractivity contribution is 0.619. The molecule has 0 saturated heterocycles. The van der Waals surface area contributed by atoms with E-state index in [1.807, 2.05) is 0 Å². The molecule has 0 atom stereocenters. The zero-order chi connectivity index (χ0) is 12.4. The van der Waals surface area contributed by atoms with Gasteiger partial charge in [-0.05, 0) is 46.6 Å². The zero-order valence-corrected chi connectivity index (χ0v) is 11.2. The lowest BCUT2D eigenvalue weighted by Crippen LogP contribution is -1.99. The number of halogens is 3. The van der Waals surface area contributed by atoms with Crippen LogP contribution in [0.25, 0.3) is 0 Å². The molecule has 6 heteroatoms. The van der Waals surface area contributed by atoms with Crippen molar-refractivity contribution in [1.29, 1.82) is 0 Å². The molecule has 1 heterocycles. The van der Waals surface area contributed by atoms with Crippen LogP contribution in [0.4, 0.5) is 15.9 Å². The Kier molecular flexibility index (Phi) is 3.59. The van der Waals surface area contributed by atoms with Gasteiger partial charge in [0.05, 0.1) is 4.47 Å². The molecule has 17 heavy (non-hydrogen) atoms. The fourth-order valence-electron chi connectivity index (χ4n) is 1.30. The van der Waals surface area contributed by atoms with Gasteiger partial charge >= 0.3 is 0 Å². The molecule has 0 bridgehead atoms. The summed E-state index contributed by atoms with van der Waals surface area (Å²) in [5.74, 6) is 0.227. The van der Waals surface area contributed by atoms with E-state index in [9.17, 15) is 4.39 Å². The molecule has 0 saturated carbocycles. The molecule has 88 valence electrons. The van der Waals surface area contributed by atoms with Crippen LogP contribution in [0.5, 0.6) is 0 Å². The van der Waals surface area contributed by atoms with Gasteiger partial charge in [-0.25, -0.2) is 9.37 Å². The number of anilines is 2. The van der Waals surface area contributed by atoms with E-state index < -0.39 is 0 Å². The molecule has 1 aromatic carbocycles. The first kappa shape index (κ1) is 12.3. The fourth-order valence-corrected chi connectivity index (χ4v) is 1.73. The minimum absolute atomic E-state index is 0.129. The van der Waals surface area contributed by atoms with Crippen LogP contribution in [-0.4, -0.2) is 9.97 Å². The minimum Gasteiger partial charge on any atom is -0.339 e. The first-order valence-corrected chi connectivity index (χ1v) is 5.95. The molecule has 0 radical (unpaired) electrons. The number of rotatable bonds is 2. The lowest BCUT2D eigenvalue weighted by Gasteiger charge is -2.10. The van der Waals surface area contributed by atoms with Gasteiger partial charge in [0.1, 0.15) is 11.6 Å². The van der Waals surface area contributed by atoms with Crippen molar-refractivity contribution in [3.8, 4) is 0 Å². The molecule has 1 aromatic heterocycles. The molecule has 0 aliphatic rings. The second kappa shape index (κ2) is 4.98. The summed E-state index contributed by atoms with van der Waals surface area (Å²) >= 11 is 8.99. The van der Waals surface area contributed by atoms with Gasteiger partial charge < -0.3 is 5.32 Å². The Morgan fingerprint density at radius 1 is 1.41 bits per heavy atom. The minimum atomic E-state index is -0.272. The van der Waals surface area contributed by atoms with Crippen LogP contribution >= 0.6 is 27.5 Å². The van der Waals surface area contributed by atoms with E-state index in [0.29, 0.717) is 21.5 Å². The van der Waals surface area contributed by atoms with Crippen molar-refractivity contribution < 1.29 is 4.39 Å². The highest BCUT2D eigenvalue weighted by molar-refractivity contribution is 9.10. The van der Waals surface area contributed by atoms with E-state index in [0.717, 1.165) is 0 Å². The molecule has 0 spiro atoms. The Bertz CT molecular complexity index is 562. The maximum atomic E-state index is 13.4. The Balaban J connectivity index is 2.38. The second-order valence-corrected chi connectivity index (χ2v) is 4.57. The summed E-state index contributed by atoms with van der Waals surface area (Å²) in [7, 11) is 0. The predicted octanol–water partition coefficient (Wildman–Crippen LogP) is 4.08. The van der Waals surface area contributed by atoms with Crippen LogP contribution < -0.4 is 5.32 Å². The van der Waals surface area contributed by atoms with Crippen molar-refractivity contribution in [1.82, 2.24) is 9.97 Å². The summed E-state index contributed by atoms with van der Waals surface area (Å²) in [5.41, 5.74) is 1.16. The van der Waals surface area contributed by atoms with E-state index in [1.54, 1.807) is 19.1 Å². The molecular formula is C11H8BrClFN3. The molecule has 0 fully saturated rings. The first-order chi connectivity index (χ1) is 8.08. The smallest absolute Gasteiger partial charge is 0.224 e. The van der Waals surface area contributed by atoms with Crippen LogP contribution in [0.15, 0.2) is 28.9 Å². The third-order valence-electron chi connectivity index (χ3n) is 2.24. The van der Waals surface area contributed by atoms with Crippen molar-refractivity contribution in [2.24, 2.45) is 0 Å². The van der Waals surface area contributed by atoms with Crippen LogP contribution in [0.3, 0.4) is 0 Å². The molecular weight excluding hydrogens is 308 g/mol. The molecule has 0 unspecified atom stereocenters. The van der Waals surface area contributed by atoms with Gasteiger partial charge in [0.2, 0.25) is 5.28 Å². The summed E-state index contributed by atoms with van der Waals surface area (Å²) in [6, 6.07) is 4.80. The van der Waals surface area contributed by atoms with Gasteiger partial charge in [0.25, 0.3) is 0 Å². The number of hydrogen-bond acceptors (Lipinski definition) is 3. The fraction of sp³-hybridized carbons (Fsp3) is 0.0909. The normalized spacial score (nSPS) is 10.4. The van der Waals surface area contributed by atoms with Crippen LogP contribution in [0.2, 0.25) is 5.28 Å². The van der Waals surface area contributed by atoms with Crippen molar-refractivity contribution in [3.63, 3.8) is 0 Å². The monoisotopic (exact) mass is 315 g/mol. The van der Waals surface area contributed by atoms with Gasteiger partial charge in [-0.2, -0.15) is 4.98 Å². The molecule has 2 aromatic rings. The van der Waals surface area contributed by atoms with Crippen LogP contribution in [0, 0.1) is 12.7 Å². The van der Waals surface area contributed by atoms with E-state index in [-0.39, 0.29) is 11.1 Å². The highest BCUT2D eigenvalue weighted by Crippen LogP contribution is 2.26. The average Bonchev–Trinajstić information content (AvgIpc) is 2.30. The van der Waals surface area contributed by atoms with Gasteiger partial charge in [0, 0.05) is 17.4 Å².